The molecule has 1 aromatic rings. The maximum atomic E-state index is 12.0. The van der Waals surface area contributed by atoms with E-state index < -0.39 is 17.6 Å². The molecule has 1 saturated heterocycles. The number of rotatable bonds is 6. The molecule has 0 aliphatic carbocycles. The number of carbonyl (C=O) groups is 3. The van der Waals surface area contributed by atoms with Crippen molar-refractivity contribution in [3.05, 3.63) is 24.3 Å². The van der Waals surface area contributed by atoms with Crippen LogP contribution in [-0.4, -0.2) is 55.0 Å². The van der Waals surface area contributed by atoms with Crippen LogP contribution >= 0.6 is 0 Å². The molecule has 136 valence electrons. The van der Waals surface area contributed by atoms with Crippen LogP contribution in [0.4, 0.5) is 21.0 Å². The molecule has 0 aromatic heterocycles. The Morgan fingerprint density at radius 2 is 2.20 bits per heavy atom. The van der Waals surface area contributed by atoms with Crippen molar-refractivity contribution in [1.82, 2.24) is 10.6 Å². The maximum Gasteiger partial charge on any atom is 0.339 e. The van der Waals surface area contributed by atoms with E-state index in [2.05, 4.69) is 16.0 Å². The van der Waals surface area contributed by atoms with Gasteiger partial charge in [-0.05, 0) is 32.0 Å². The van der Waals surface area contributed by atoms with Crippen LogP contribution < -0.4 is 20.9 Å². The van der Waals surface area contributed by atoms with Gasteiger partial charge in [0.05, 0.1) is 13.2 Å². The molecular formula is C16H22N4O5. The van der Waals surface area contributed by atoms with Crippen molar-refractivity contribution in [2.45, 2.75) is 19.4 Å². The van der Waals surface area contributed by atoms with Crippen molar-refractivity contribution < 1.29 is 24.2 Å². The minimum atomic E-state index is -1.82. The van der Waals surface area contributed by atoms with Crippen LogP contribution in [0.3, 0.4) is 0 Å². The number of aliphatic hydroxyl groups is 1. The van der Waals surface area contributed by atoms with Crippen molar-refractivity contribution in [2.75, 3.05) is 36.5 Å². The zero-order valence-electron chi connectivity index (χ0n) is 14.2. The van der Waals surface area contributed by atoms with E-state index in [1.807, 2.05) is 0 Å². The normalized spacial score (nSPS) is 16.0. The molecule has 4 N–H and O–H groups in total. The second kappa shape index (κ2) is 7.84. The molecule has 1 fully saturated rings. The van der Waals surface area contributed by atoms with Gasteiger partial charge in [-0.15, -0.1) is 0 Å². The third-order valence-corrected chi connectivity index (χ3v) is 3.58. The smallest absolute Gasteiger partial charge is 0.339 e. The van der Waals surface area contributed by atoms with Gasteiger partial charge in [-0.25, -0.2) is 14.4 Å². The van der Waals surface area contributed by atoms with Crippen LogP contribution in [0.1, 0.15) is 13.8 Å². The predicted octanol–water partition coefficient (Wildman–Crippen LogP) is 0.652. The number of carbonyl (C=O) groups excluding carboxylic acids is 3. The lowest BCUT2D eigenvalue weighted by molar-refractivity contribution is -0.162. The number of urea groups is 2. The highest BCUT2D eigenvalue weighted by molar-refractivity contribution is 5.96. The summed E-state index contributed by atoms with van der Waals surface area (Å²) >= 11 is 0. The van der Waals surface area contributed by atoms with E-state index in [0.717, 1.165) is 0 Å². The molecule has 4 amide bonds. The first-order chi connectivity index (χ1) is 11.8. The number of anilines is 2. The van der Waals surface area contributed by atoms with Gasteiger partial charge in [0.2, 0.25) is 0 Å². The Balaban J connectivity index is 1.92. The number of benzene rings is 1. The van der Waals surface area contributed by atoms with Crippen LogP contribution in [0.15, 0.2) is 24.3 Å². The molecule has 9 nitrogen and oxygen atoms in total. The topological polar surface area (TPSA) is 120 Å². The monoisotopic (exact) mass is 350 g/mol. The van der Waals surface area contributed by atoms with Gasteiger partial charge in [0.25, 0.3) is 0 Å². The van der Waals surface area contributed by atoms with E-state index >= 15 is 0 Å². The SMILES string of the molecule is CCOC(=O)C(C)(O)CNC(=O)Nc1cccc(N2CCNC2=O)c1. The van der Waals surface area contributed by atoms with Crippen molar-refractivity contribution in [3.63, 3.8) is 0 Å². The standard InChI is InChI=1S/C16H22N4O5/c1-3-25-13(21)16(2,24)10-18-14(22)19-11-5-4-6-12(9-11)20-8-7-17-15(20)23/h4-6,9,24H,3,7-8,10H2,1-2H3,(H,17,23)(H2,18,19,22). The number of hydrogen-bond acceptors (Lipinski definition) is 5. The number of nitrogens with zero attached hydrogens (tertiary/aromatic N) is 1. The molecule has 1 aliphatic heterocycles. The molecule has 1 atom stereocenters. The van der Waals surface area contributed by atoms with Crippen molar-refractivity contribution >= 4 is 29.4 Å². The third kappa shape index (κ3) is 4.83. The average Bonchev–Trinajstić information content (AvgIpc) is 3.00. The Morgan fingerprint density at radius 1 is 1.44 bits per heavy atom. The summed E-state index contributed by atoms with van der Waals surface area (Å²) in [7, 11) is 0. The fourth-order valence-electron chi connectivity index (χ4n) is 2.26. The summed E-state index contributed by atoms with van der Waals surface area (Å²) in [5.41, 5.74) is -0.681. The minimum Gasteiger partial charge on any atom is -0.464 e. The van der Waals surface area contributed by atoms with Crippen LogP contribution in [0.2, 0.25) is 0 Å². The Kier molecular flexibility index (Phi) is 5.81. The van der Waals surface area contributed by atoms with E-state index in [1.165, 1.54) is 6.92 Å². The minimum absolute atomic E-state index is 0.137. The number of esters is 1. The summed E-state index contributed by atoms with van der Waals surface area (Å²) in [5.74, 6) is -0.808. The lowest BCUT2D eigenvalue weighted by Gasteiger charge is -2.21. The number of nitrogens with one attached hydrogen (secondary N) is 3. The Hall–Kier alpha value is -2.81. The summed E-state index contributed by atoms with van der Waals surface area (Å²) in [6.45, 7) is 3.85. The van der Waals surface area contributed by atoms with Gasteiger partial charge in [-0.2, -0.15) is 0 Å². The first-order valence-corrected chi connectivity index (χ1v) is 7.93. The van der Waals surface area contributed by atoms with Gasteiger partial charge in [0.15, 0.2) is 5.60 Å². The van der Waals surface area contributed by atoms with Gasteiger partial charge in [0, 0.05) is 24.5 Å². The van der Waals surface area contributed by atoms with Gasteiger partial charge >= 0.3 is 18.0 Å². The molecular weight excluding hydrogens is 328 g/mol. The molecule has 1 aliphatic rings. The largest absolute Gasteiger partial charge is 0.464 e. The lowest BCUT2D eigenvalue weighted by Crippen LogP contribution is -2.48. The molecule has 1 unspecified atom stereocenters. The van der Waals surface area contributed by atoms with E-state index in [4.69, 9.17) is 4.74 Å². The van der Waals surface area contributed by atoms with Gasteiger partial charge in [0.1, 0.15) is 0 Å². The summed E-state index contributed by atoms with van der Waals surface area (Å²) < 4.78 is 4.74. The van der Waals surface area contributed by atoms with Crippen molar-refractivity contribution in [3.8, 4) is 0 Å². The van der Waals surface area contributed by atoms with Gasteiger partial charge in [-0.1, -0.05) is 6.07 Å². The quantitative estimate of drug-likeness (QED) is 0.562. The fourth-order valence-corrected chi connectivity index (χ4v) is 2.26. The number of ether oxygens (including phenoxy) is 1. The molecule has 0 radical (unpaired) electrons. The highest BCUT2D eigenvalue weighted by Gasteiger charge is 2.32. The highest BCUT2D eigenvalue weighted by atomic mass is 16.5. The summed E-state index contributed by atoms with van der Waals surface area (Å²) in [5, 5.41) is 17.7. The van der Waals surface area contributed by atoms with E-state index in [0.29, 0.717) is 24.5 Å². The molecule has 1 aromatic carbocycles. The zero-order chi connectivity index (χ0) is 18.4. The molecule has 2 rings (SSSR count). The molecule has 0 saturated carbocycles. The Bertz CT molecular complexity index is 662. The second-order valence-electron chi connectivity index (χ2n) is 5.74. The maximum absolute atomic E-state index is 12.0. The molecule has 25 heavy (non-hydrogen) atoms. The Labute approximate surface area is 145 Å². The van der Waals surface area contributed by atoms with Crippen LogP contribution in [0.25, 0.3) is 0 Å². The molecule has 9 heteroatoms. The molecule has 1 heterocycles. The number of hydrogen-bond donors (Lipinski definition) is 4. The van der Waals surface area contributed by atoms with Crippen LogP contribution in [0, 0.1) is 0 Å². The highest BCUT2D eigenvalue weighted by Crippen LogP contribution is 2.20. The summed E-state index contributed by atoms with van der Waals surface area (Å²) in [6, 6.07) is 6.03. The average molecular weight is 350 g/mol. The van der Waals surface area contributed by atoms with Gasteiger partial charge < -0.3 is 25.8 Å². The third-order valence-electron chi connectivity index (χ3n) is 3.58. The lowest BCUT2D eigenvalue weighted by atomic mass is 10.1. The first kappa shape index (κ1) is 18.5. The fraction of sp³-hybridized carbons (Fsp3) is 0.438. The molecule has 0 spiro atoms. The van der Waals surface area contributed by atoms with Crippen molar-refractivity contribution in [1.29, 1.82) is 0 Å². The first-order valence-electron chi connectivity index (χ1n) is 7.93. The predicted molar refractivity (Wildman–Crippen MR) is 91.5 cm³/mol. The summed E-state index contributed by atoms with van der Waals surface area (Å²) in [6.07, 6.45) is 0. The number of amides is 4. The van der Waals surface area contributed by atoms with E-state index in [-0.39, 0.29) is 19.2 Å². The van der Waals surface area contributed by atoms with E-state index in [9.17, 15) is 19.5 Å². The van der Waals surface area contributed by atoms with E-state index in [1.54, 1.807) is 36.1 Å². The zero-order valence-corrected chi connectivity index (χ0v) is 14.2. The molecule has 0 bridgehead atoms. The van der Waals surface area contributed by atoms with Crippen molar-refractivity contribution in [2.24, 2.45) is 0 Å². The Morgan fingerprint density at radius 3 is 2.84 bits per heavy atom. The second-order valence-corrected chi connectivity index (χ2v) is 5.74. The van der Waals surface area contributed by atoms with Crippen LogP contribution in [0.5, 0.6) is 0 Å². The van der Waals surface area contributed by atoms with Gasteiger partial charge in [-0.3, -0.25) is 4.90 Å². The summed E-state index contributed by atoms with van der Waals surface area (Å²) in [4.78, 5) is 36.8. The van der Waals surface area contributed by atoms with Crippen LogP contribution in [-0.2, 0) is 9.53 Å².